The number of benzene rings is 1. The van der Waals surface area contributed by atoms with Gasteiger partial charge in [0, 0.05) is 36.6 Å². The molecule has 0 saturated heterocycles. The Balaban J connectivity index is 1.49. The first-order chi connectivity index (χ1) is 13.2. The first-order valence-corrected chi connectivity index (χ1v) is 9.64. The van der Waals surface area contributed by atoms with Crippen LogP contribution >= 0.6 is 0 Å². The van der Waals surface area contributed by atoms with Crippen molar-refractivity contribution in [2.75, 3.05) is 5.32 Å². The van der Waals surface area contributed by atoms with E-state index in [1.165, 1.54) is 5.56 Å². The molecule has 0 radical (unpaired) electrons. The zero-order chi connectivity index (χ0) is 18.8. The number of rotatable bonds is 5. The minimum atomic E-state index is -0.0921. The van der Waals surface area contributed by atoms with Gasteiger partial charge < -0.3 is 9.88 Å². The quantitative estimate of drug-likeness (QED) is 0.757. The number of nitrogens with one attached hydrogen (secondary N) is 1. The predicted molar refractivity (Wildman–Crippen MR) is 105 cm³/mol. The molecule has 3 aromatic rings. The van der Waals surface area contributed by atoms with E-state index in [1.54, 1.807) is 15.3 Å². The van der Waals surface area contributed by atoms with Crippen molar-refractivity contribution < 1.29 is 4.79 Å². The average molecular weight is 364 g/mol. The number of carbonyl (C=O) groups excluding carboxylic acids is 1. The van der Waals surface area contributed by atoms with Crippen LogP contribution in [0.25, 0.3) is 5.52 Å². The van der Waals surface area contributed by atoms with Gasteiger partial charge in [-0.3, -0.25) is 9.59 Å². The summed E-state index contributed by atoms with van der Waals surface area (Å²) in [6.07, 6.45) is 8.79. The maximum Gasteiger partial charge on any atom is 0.276 e. The van der Waals surface area contributed by atoms with Crippen molar-refractivity contribution >= 4 is 17.1 Å². The minimum Gasteiger partial charge on any atom is -0.326 e. The molecule has 2 aromatic heterocycles. The van der Waals surface area contributed by atoms with Gasteiger partial charge in [-0.25, -0.2) is 4.52 Å². The second kappa shape index (κ2) is 7.39. The maximum atomic E-state index is 12.9. The molecule has 0 unspecified atom stereocenters. The van der Waals surface area contributed by atoms with Crippen molar-refractivity contribution in [1.82, 2.24) is 14.2 Å². The monoisotopic (exact) mass is 364 g/mol. The van der Waals surface area contributed by atoms with Crippen LogP contribution in [0, 0.1) is 0 Å². The van der Waals surface area contributed by atoms with Crippen molar-refractivity contribution in [3.8, 4) is 0 Å². The number of aryl methyl sites for hydroxylation is 4. The van der Waals surface area contributed by atoms with Crippen molar-refractivity contribution in [2.45, 2.75) is 52.0 Å². The van der Waals surface area contributed by atoms with Crippen molar-refractivity contribution in [2.24, 2.45) is 0 Å². The van der Waals surface area contributed by atoms with Crippen LogP contribution in [0.3, 0.4) is 0 Å². The number of carbonyl (C=O) groups is 1. The maximum absolute atomic E-state index is 12.9. The summed E-state index contributed by atoms with van der Waals surface area (Å²) in [5.74, 6) is -0.0921. The third-order valence-corrected chi connectivity index (χ3v) is 5.23. The third kappa shape index (κ3) is 3.52. The Morgan fingerprint density at radius 1 is 1.22 bits per heavy atom. The van der Waals surface area contributed by atoms with Gasteiger partial charge in [-0.1, -0.05) is 19.1 Å². The molecule has 1 N–H and O–H groups in total. The van der Waals surface area contributed by atoms with Crippen molar-refractivity contribution in [1.29, 1.82) is 0 Å². The Morgan fingerprint density at radius 2 is 2.07 bits per heavy atom. The average Bonchev–Trinajstić information content (AvgIpc) is 3.07. The molecule has 140 valence electrons. The van der Waals surface area contributed by atoms with Gasteiger partial charge in [-0.15, -0.1) is 0 Å². The van der Waals surface area contributed by atoms with Gasteiger partial charge in [0.05, 0.1) is 5.69 Å². The van der Waals surface area contributed by atoms with E-state index in [4.69, 9.17) is 0 Å². The predicted octanol–water partition coefficient (Wildman–Crippen LogP) is 2.97. The Bertz CT molecular complexity index is 1050. The summed E-state index contributed by atoms with van der Waals surface area (Å²) in [5.41, 5.74) is 4.72. The van der Waals surface area contributed by atoms with Gasteiger partial charge in [-0.2, -0.15) is 5.10 Å². The zero-order valence-corrected chi connectivity index (χ0v) is 15.6. The van der Waals surface area contributed by atoms with E-state index in [9.17, 15) is 9.59 Å². The second-order valence-corrected chi connectivity index (χ2v) is 7.07. The van der Waals surface area contributed by atoms with Crippen LogP contribution in [0.1, 0.15) is 43.0 Å². The summed E-state index contributed by atoms with van der Waals surface area (Å²) < 4.78 is 3.32. The highest BCUT2D eigenvalue weighted by Gasteiger charge is 2.19. The van der Waals surface area contributed by atoms with Crippen LogP contribution in [0.2, 0.25) is 0 Å². The highest BCUT2D eigenvalue weighted by molar-refractivity contribution is 5.90. The van der Waals surface area contributed by atoms with E-state index in [0.29, 0.717) is 12.1 Å². The molecule has 0 fully saturated rings. The summed E-state index contributed by atoms with van der Waals surface area (Å²) >= 11 is 0. The first-order valence-electron chi connectivity index (χ1n) is 9.64. The summed E-state index contributed by atoms with van der Waals surface area (Å²) in [4.78, 5) is 25.2. The first kappa shape index (κ1) is 17.5. The lowest BCUT2D eigenvalue weighted by molar-refractivity contribution is -0.116. The molecule has 1 aromatic carbocycles. The summed E-state index contributed by atoms with van der Waals surface area (Å²) in [5, 5.41) is 7.46. The minimum absolute atomic E-state index is 0.0612. The summed E-state index contributed by atoms with van der Waals surface area (Å²) in [6.45, 7) is 2.44. The topological polar surface area (TPSA) is 68.4 Å². The lowest BCUT2D eigenvalue weighted by Gasteiger charge is -2.10. The van der Waals surface area contributed by atoms with Gasteiger partial charge in [0.25, 0.3) is 5.56 Å². The Labute approximate surface area is 157 Å². The zero-order valence-electron chi connectivity index (χ0n) is 15.6. The number of aromatic nitrogens is 3. The van der Waals surface area contributed by atoms with E-state index >= 15 is 0 Å². The van der Waals surface area contributed by atoms with Gasteiger partial charge in [-0.05, 0) is 49.8 Å². The lowest BCUT2D eigenvalue weighted by Crippen LogP contribution is -2.24. The molecule has 0 bridgehead atoms. The molecule has 0 atom stereocenters. The van der Waals surface area contributed by atoms with Crippen LogP contribution in [0.15, 0.2) is 41.5 Å². The molecule has 0 saturated carbocycles. The number of anilines is 1. The number of hydrogen-bond donors (Lipinski definition) is 1. The fourth-order valence-corrected chi connectivity index (χ4v) is 3.75. The molecule has 0 spiro atoms. The molecule has 1 aliphatic carbocycles. The van der Waals surface area contributed by atoms with Crippen LogP contribution in [0.4, 0.5) is 5.69 Å². The van der Waals surface area contributed by atoms with Gasteiger partial charge in [0.15, 0.2) is 0 Å². The lowest BCUT2D eigenvalue weighted by atomic mass is 9.97. The molecular formula is C21H24N4O2. The standard InChI is InChI=1S/C21H24N4O2/c1-2-15-6-5-7-16(14-15)22-19(26)10-11-24-12-13-25-20(21(24)27)17-8-3-4-9-18(17)23-25/h5-7,12-14H,2-4,8-11H2,1H3,(H,22,26). The number of hydrogen-bond acceptors (Lipinski definition) is 3. The number of nitrogens with zero attached hydrogens (tertiary/aromatic N) is 3. The Hall–Kier alpha value is -2.89. The van der Waals surface area contributed by atoms with E-state index in [2.05, 4.69) is 17.3 Å². The molecule has 1 aliphatic rings. The summed E-state index contributed by atoms with van der Waals surface area (Å²) in [7, 11) is 0. The van der Waals surface area contributed by atoms with E-state index < -0.39 is 0 Å². The van der Waals surface area contributed by atoms with Crippen molar-refractivity contribution in [3.63, 3.8) is 0 Å². The van der Waals surface area contributed by atoms with Crippen LogP contribution in [0.5, 0.6) is 0 Å². The Kier molecular flexibility index (Phi) is 4.79. The van der Waals surface area contributed by atoms with Gasteiger partial charge in [0.1, 0.15) is 5.52 Å². The molecule has 1 amide bonds. The van der Waals surface area contributed by atoms with E-state index in [1.807, 2.05) is 30.5 Å². The molecular weight excluding hydrogens is 340 g/mol. The fourth-order valence-electron chi connectivity index (χ4n) is 3.75. The van der Waals surface area contributed by atoms with E-state index in [0.717, 1.165) is 49.0 Å². The second-order valence-electron chi connectivity index (χ2n) is 7.07. The highest BCUT2D eigenvalue weighted by Crippen LogP contribution is 2.22. The molecule has 2 heterocycles. The van der Waals surface area contributed by atoms with Crippen LogP contribution < -0.4 is 10.9 Å². The molecule has 0 aliphatic heterocycles. The normalized spacial score (nSPS) is 13.5. The summed E-state index contributed by atoms with van der Waals surface area (Å²) in [6, 6.07) is 7.84. The van der Waals surface area contributed by atoms with Crippen LogP contribution in [-0.2, 0) is 30.6 Å². The smallest absolute Gasteiger partial charge is 0.276 e. The third-order valence-electron chi connectivity index (χ3n) is 5.23. The Morgan fingerprint density at radius 3 is 2.93 bits per heavy atom. The van der Waals surface area contributed by atoms with Crippen molar-refractivity contribution in [3.05, 3.63) is 63.8 Å². The SMILES string of the molecule is CCc1cccc(NC(=O)CCn2ccn3nc4c(c3c2=O)CCCC4)c1. The number of amides is 1. The number of fused-ring (bicyclic) bond motifs is 3. The van der Waals surface area contributed by atoms with E-state index in [-0.39, 0.29) is 17.9 Å². The molecule has 6 heteroatoms. The molecule has 6 nitrogen and oxygen atoms in total. The van der Waals surface area contributed by atoms with Gasteiger partial charge >= 0.3 is 0 Å². The largest absolute Gasteiger partial charge is 0.326 e. The molecule has 4 rings (SSSR count). The van der Waals surface area contributed by atoms with Crippen LogP contribution in [-0.4, -0.2) is 20.1 Å². The molecule has 27 heavy (non-hydrogen) atoms. The van der Waals surface area contributed by atoms with Gasteiger partial charge in [0.2, 0.25) is 5.91 Å². The highest BCUT2D eigenvalue weighted by atomic mass is 16.2. The fraction of sp³-hybridized carbons (Fsp3) is 0.381.